The molecule has 84 valence electrons. The Balaban J connectivity index is 2.39. The van der Waals surface area contributed by atoms with Crippen LogP contribution in [0.5, 0.6) is 0 Å². The molecule has 0 radical (unpaired) electrons. The van der Waals surface area contributed by atoms with Crippen LogP contribution in [0.2, 0.25) is 0 Å². The van der Waals surface area contributed by atoms with Gasteiger partial charge in [-0.3, -0.25) is 0 Å². The van der Waals surface area contributed by atoms with Crippen LogP contribution in [0.15, 0.2) is 0 Å². The molecule has 0 saturated carbocycles. The summed E-state index contributed by atoms with van der Waals surface area (Å²) in [5.74, 6) is 5.45. The van der Waals surface area contributed by atoms with Gasteiger partial charge in [-0.1, -0.05) is 0 Å². The molecular weight excluding hydrogens is 204 g/mol. The number of amides is 1. The molecule has 0 aliphatic carbocycles. The van der Waals surface area contributed by atoms with Gasteiger partial charge < -0.3 is 15.3 Å². The average Bonchev–Trinajstić information content (AvgIpc) is 2.62. The summed E-state index contributed by atoms with van der Waals surface area (Å²) >= 11 is 0. The number of aromatic nitrogens is 4. The summed E-state index contributed by atoms with van der Waals surface area (Å²) in [5, 5.41) is 21.5. The Morgan fingerprint density at radius 2 is 2.47 bits per heavy atom. The largest absolute Gasteiger partial charge is 0.465 e. The minimum atomic E-state index is -1.07. The third kappa shape index (κ3) is 3.87. The molecule has 9 nitrogen and oxygen atoms in total. The van der Waals surface area contributed by atoms with E-state index in [-0.39, 0.29) is 6.54 Å². The number of carbonyl (C=O) groups is 1. The molecule has 0 unspecified atom stereocenters. The highest BCUT2D eigenvalue weighted by molar-refractivity contribution is 5.64. The molecule has 0 atom stereocenters. The van der Waals surface area contributed by atoms with E-state index in [9.17, 15) is 4.79 Å². The fourth-order valence-corrected chi connectivity index (χ4v) is 0.996. The van der Waals surface area contributed by atoms with E-state index in [1.165, 1.54) is 4.68 Å². The summed E-state index contributed by atoms with van der Waals surface area (Å²) in [4.78, 5) is 14.6. The van der Waals surface area contributed by atoms with Crippen LogP contribution < -0.4 is 11.2 Å². The van der Waals surface area contributed by atoms with Crippen molar-refractivity contribution in [3.8, 4) is 0 Å². The van der Waals surface area contributed by atoms with Gasteiger partial charge in [-0.25, -0.2) is 15.4 Å². The summed E-state index contributed by atoms with van der Waals surface area (Å²) in [6.07, 6.45) is -0.650. The molecule has 1 rings (SSSR count). The topological polar surface area (TPSA) is 128 Å². The number of carboxylic acid groups (broad SMARTS) is 1. The second kappa shape index (κ2) is 5.88. The van der Waals surface area contributed by atoms with Crippen molar-refractivity contribution in [1.82, 2.24) is 25.5 Å². The minimum Gasteiger partial charge on any atom is -0.465 e. The lowest BCUT2D eigenvalue weighted by Gasteiger charge is -2.03. The second-order valence-corrected chi connectivity index (χ2v) is 2.67. The molecule has 0 fully saturated rings. The van der Waals surface area contributed by atoms with Crippen molar-refractivity contribution in [2.75, 3.05) is 13.2 Å². The summed E-state index contributed by atoms with van der Waals surface area (Å²) < 4.78 is 1.51. The van der Waals surface area contributed by atoms with E-state index in [2.05, 4.69) is 25.7 Å². The standard InChI is InChI=1S/C6H12N6O3/c7-15-4-3-12-5(9-10-11-12)1-2-8-6(13)14/h8H,1-4,7H2,(H,13,14). The van der Waals surface area contributed by atoms with Crippen LogP contribution >= 0.6 is 0 Å². The molecule has 4 N–H and O–H groups in total. The van der Waals surface area contributed by atoms with Crippen molar-refractivity contribution >= 4 is 6.09 Å². The molecule has 0 aliphatic heterocycles. The first-order chi connectivity index (χ1) is 7.24. The van der Waals surface area contributed by atoms with E-state index in [4.69, 9.17) is 11.0 Å². The number of hydrogen-bond acceptors (Lipinski definition) is 6. The van der Waals surface area contributed by atoms with Crippen LogP contribution in [0.4, 0.5) is 4.79 Å². The quantitative estimate of drug-likeness (QED) is 0.487. The molecule has 0 aromatic carbocycles. The highest BCUT2D eigenvalue weighted by Crippen LogP contribution is 1.92. The molecule has 1 amide bonds. The zero-order valence-electron chi connectivity index (χ0n) is 7.96. The Kier molecular flexibility index (Phi) is 4.44. The van der Waals surface area contributed by atoms with Crippen LogP contribution in [0.25, 0.3) is 0 Å². The van der Waals surface area contributed by atoms with Gasteiger partial charge in [0.05, 0.1) is 13.2 Å². The van der Waals surface area contributed by atoms with Crippen LogP contribution in [-0.2, 0) is 17.8 Å². The van der Waals surface area contributed by atoms with Gasteiger partial charge in [0.25, 0.3) is 0 Å². The van der Waals surface area contributed by atoms with Gasteiger partial charge in [-0.05, 0) is 10.4 Å². The third-order valence-electron chi connectivity index (χ3n) is 1.65. The van der Waals surface area contributed by atoms with Crippen LogP contribution in [0.1, 0.15) is 5.82 Å². The lowest BCUT2D eigenvalue weighted by Crippen LogP contribution is -2.24. The first-order valence-corrected chi connectivity index (χ1v) is 4.27. The summed E-state index contributed by atoms with van der Waals surface area (Å²) in [6.45, 7) is 0.996. The van der Waals surface area contributed by atoms with Gasteiger partial charge in [0, 0.05) is 13.0 Å². The Morgan fingerprint density at radius 3 is 3.13 bits per heavy atom. The van der Waals surface area contributed by atoms with Gasteiger partial charge >= 0.3 is 6.09 Å². The monoisotopic (exact) mass is 216 g/mol. The van der Waals surface area contributed by atoms with Crippen molar-refractivity contribution in [2.45, 2.75) is 13.0 Å². The minimum absolute atomic E-state index is 0.263. The molecule has 0 spiro atoms. The molecule has 0 bridgehead atoms. The van der Waals surface area contributed by atoms with Crippen LogP contribution in [0, 0.1) is 0 Å². The molecule has 9 heteroatoms. The number of nitrogens with one attached hydrogen (secondary N) is 1. The molecule has 1 aromatic rings. The molecule has 1 aromatic heterocycles. The Bertz CT molecular complexity index is 314. The fraction of sp³-hybridized carbons (Fsp3) is 0.667. The van der Waals surface area contributed by atoms with Crippen molar-refractivity contribution < 1.29 is 14.7 Å². The Morgan fingerprint density at radius 1 is 1.67 bits per heavy atom. The number of tetrazole rings is 1. The number of nitrogens with two attached hydrogens (primary N) is 1. The van der Waals surface area contributed by atoms with Gasteiger partial charge in [-0.15, -0.1) is 5.10 Å². The van der Waals surface area contributed by atoms with Gasteiger partial charge in [-0.2, -0.15) is 0 Å². The van der Waals surface area contributed by atoms with E-state index in [1.807, 2.05) is 0 Å². The fourth-order valence-electron chi connectivity index (χ4n) is 0.996. The highest BCUT2D eigenvalue weighted by atomic mass is 16.6. The summed E-state index contributed by atoms with van der Waals surface area (Å²) in [7, 11) is 0. The molecule has 0 aliphatic rings. The maximum atomic E-state index is 10.2. The number of rotatable bonds is 6. The maximum absolute atomic E-state index is 10.2. The predicted molar refractivity (Wildman–Crippen MR) is 47.7 cm³/mol. The smallest absolute Gasteiger partial charge is 0.404 e. The average molecular weight is 216 g/mol. The van der Waals surface area contributed by atoms with Crippen molar-refractivity contribution in [3.63, 3.8) is 0 Å². The summed E-state index contributed by atoms with van der Waals surface area (Å²) in [5.41, 5.74) is 0. The first kappa shape index (κ1) is 11.3. The Labute approximate surface area is 85.2 Å². The lowest BCUT2D eigenvalue weighted by atomic mass is 10.4. The van der Waals surface area contributed by atoms with Crippen molar-refractivity contribution in [2.24, 2.45) is 5.90 Å². The van der Waals surface area contributed by atoms with Crippen LogP contribution in [0.3, 0.4) is 0 Å². The van der Waals surface area contributed by atoms with Gasteiger partial charge in [0.15, 0.2) is 5.82 Å². The second-order valence-electron chi connectivity index (χ2n) is 2.67. The first-order valence-electron chi connectivity index (χ1n) is 4.27. The van der Waals surface area contributed by atoms with E-state index in [0.717, 1.165) is 0 Å². The van der Waals surface area contributed by atoms with E-state index < -0.39 is 6.09 Å². The van der Waals surface area contributed by atoms with Gasteiger partial charge in [0.2, 0.25) is 0 Å². The summed E-state index contributed by atoms with van der Waals surface area (Å²) in [6, 6.07) is 0. The van der Waals surface area contributed by atoms with E-state index in [0.29, 0.717) is 25.4 Å². The highest BCUT2D eigenvalue weighted by Gasteiger charge is 2.05. The van der Waals surface area contributed by atoms with Crippen molar-refractivity contribution in [3.05, 3.63) is 5.82 Å². The number of nitrogens with zero attached hydrogens (tertiary/aromatic N) is 4. The van der Waals surface area contributed by atoms with Gasteiger partial charge in [0.1, 0.15) is 0 Å². The normalized spacial score (nSPS) is 10.2. The zero-order valence-corrected chi connectivity index (χ0v) is 7.96. The zero-order chi connectivity index (χ0) is 11.1. The Hall–Kier alpha value is -1.74. The SMILES string of the molecule is NOCCn1nnnc1CCNC(=O)O. The molecular formula is C6H12N6O3. The van der Waals surface area contributed by atoms with Crippen molar-refractivity contribution in [1.29, 1.82) is 0 Å². The predicted octanol–water partition coefficient (Wildman–Crippen LogP) is -1.63. The lowest BCUT2D eigenvalue weighted by molar-refractivity contribution is 0.125. The van der Waals surface area contributed by atoms with E-state index in [1.54, 1.807) is 0 Å². The third-order valence-corrected chi connectivity index (χ3v) is 1.65. The maximum Gasteiger partial charge on any atom is 0.404 e. The molecule has 15 heavy (non-hydrogen) atoms. The number of hydrogen-bond donors (Lipinski definition) is 3. The van der Waals surface area contributed by atoms with E-state index >= 15 is 0 Å². The molecule has 0 saturated heterocycles. The van der Waals surface area contributed by atoms with Crippen LogP contribution in [-0.4, -0.2) is 44.6 Å². The molecule has 1 heterocycles.